The molecule has 0 spiro atoms. The summed E-state index contributed by atoms with van der Waals surface area (Å²) >= 11 is 1.18. The number of H-pyrrole nitrogens is 1. The van der Waals surface area contributed by atoms with Crippen molar-refractivity contribution in [2.45, 2.75) is 24.5 Å². The summed E-state index contributed by atoms with van der Waals surface area (Å²) < 4.78 is 26.7. The second kappa shape index (κ2) is 4.50. The smallest absolute Gasteiger partial charge is 0.272 e. The summed E-state index contributed by atoms with van der Waals surface area (Å²) in [7, 11) is -3.50. The second-order valence-electron chi connectivity index (χ2n) is 3.57. The van der Waals surface area contributed by atoms with Crippen molar-refractivity contribution >= 4 is 27.2 Å². The lowest BCUT2D eigenvalue weighted by molar-refractivity contribution is 0.603. The Bertz CT molecular complexity index is 600. The third kappa shape index (κ3) is 2.34. The van der Waals surface area contributed by atoms with Crippen LogP contribution >= 0.6 is 11.3 Å². The Hall–Kier alpha value is -1.34. The number of nitrogens with zero attached hydrogens (tertiary/aromatic N) is 1. The molecule has 0 saturated carbocycles. The van der Waals surface area contributed by atoms with Crippen LogP contribution in [-0.4, -0.2) is 18.6 Å². The van der Waals surface area contributed by atoms with Crippen LogP contribution in [0.3, 0.4) is 0 Å². The normalized spacial score (nSPS) is 11.6. The molecule has 0 bridgehead atoms. The minimum absolute atomic E-state index is 0.290. The Kier molecular flexibility index (Phi) is 3.21. The van der Waals surface area contributed by atoms with Crippen molar-refractivity contribution in [3.8, 4) is 0 Å². The number of aromatic amines is 1. The van der Waals surface area contributed by atoms with Crippen LogP contribution in [-0.2, 0) is 16.4 Å². The number of anilines is 1. The molecular formula is C10H13N3O2S2. The van der Waals surface area contributed by atoms with E-state index < -0.39 is 10.0 Å². The summed E-state index contributed by atoms with van der Waals surface area (Å²) in [5.41, 5.74) is 1.78. The molecule has 0 aliphatic heterocycles. The van der Waals surface area contributed by atoms with E-state index in [2.05, 4.69) is 14.9 Å². The van der Waals surface area contributed by atoms with Gasteiger partial charge < -0.3 is 0 Å². The molecular weight excluding hydrogens is 258 g/mol. The molecule has 92 valence electrons. The summed E-state index contributed by atoms with van der Waals surface area (Å²) in [4.78, 5) is 0. The minimum atomic E-state index is -3.50. The first-order valence-corrected chi connectivity index (χ1v) is 7.51. The summed E-state index contributed by atoms with van der Waals surface area (Å²) in [6.45, 7) is 3.83. The first-order chi connectivity index (χ1) is 8.04. The molecule has 17 heavy (non-hydrogen) atoms. The first-order valence-electron chi connectivity index (χ1n) is 5.14. The maximum Gasteiger partial charge on any atom is 0.272 e. The highest BCUT2D eigenvalue weighted by atomic mass is 32.2. The quantitative estimate of drug-likeness (QED) is 0.894. The van der Waals surface area contributed by atoms with Gasteiger partial charge in [-0.2, -0.15) is 5.10 Å². The van der Waals surface area contributed by atoms with E-state index >= 15 is 0 Å². The van der Waals surface area contributed by atoms with Gasteiger partial charge >= 0.3 is 0 Å². The van der Waals surface area contributed by atoms with Crippen molar-refractivity contribution in [1.82, 2.24) is 10.2 Å². The molecule has 0 atom stereocenters. The van der Waals surface area contributed by atoms with Crippen molar-refractivity contribution in [1.29, 1.82) is 0 Å². The molecule has 0 fully saturated rings. The maximum atomic E-state index is 12.0. The number of rotatable bonds is 4. The summed E-state index contributed by atoms with van der Waals surface area (Å²) in [5.74, 6) is 0.371. The average Bonchev–Trinajstić information content (AvgIpc) is 2.90. The van der Waals surface area contributed by atoms with Crippen LogP contribution in [0.15, 0.2) is 21.7 Å². The van der Waals surface area contributed by atoms with Crippen LogP contribution < -0.4 is 4.72 Å². The minimum Gasteiger partial charge on any atom is -0.280 e. The number of hydrogen-bond donors (Lipinski definition) is 2. The molecule has 0 aliphatic carbocycles. The van der Waals surface area contributed by atoms with Gasteiger partial charge in [0.15, 0.2) is 5.82 Å². The van der Waals surface area contributed by atoms with Crippen LogP contribution in [0, 0.1) is 6.92 Å². The van der Waals surface area contributed by atoms with Gasteiger partial charge in [0, 0.05) is 11.3 Å². The third-order valence-electron chi connectivity index (χ3n) is 2.46. The Morgan fingerprint density at radius 1 is 1.53 bits per heavy atom. The van der Waals surface area contributed by atoms with Crippen molar-refractivity contribution in [3.63, 3.8) is 0 Å². The predicted octanol–water partition coefficient (Wildman–Crippen LogP) is 2.14. The van der Waals surface area contributed by atoms with Crippen molar-refractivity contribution in [2.75, 3.05) is 4.72 Å². The van der Waals surface area contributed by atoms with Gasteiger partial charge in [0.2, 0.25) is 0 Å². The van der Waals surface area contributed by atoms with E-state index in [1.807, 2.05) is 13.8 Å². The fraction of sp³-hybridized carbons (Fsp3) is 0.300. The van der Waals surface area contributed by atoms with Crippen molar-refractivity contribution < 1.29 is 8.42 Å². The van der Waals surface area contributed by atoms with Gasteiger partial charge in [0.25, 0.3) is 10.0 Å². The van der Waals surface area contributed by atoms with Gasteiger partial charge in [-0.25, -0.2) is 8.42 Å². The fourth-order valence-corrected chi connectivity index (χ4v) is 3.53. The van der Waals surface area contributed by atoms with Gasteiger partial charge in [-0.1, -0.05) is 13.0 Å². The zero-order valence-electron chi connectivity index (χ0n) is 9.52. The second-order valence-corrected chi connectivity index (χ2v) is 6.42. The molecule has 0 radical (unpaired) electrons. The van der Waals surface area contributed by atoms with Gasteiger partial charge in [-0.3, -0.25) is 9.82 Å². The molecule has 2 aromatic rings. The van der Waals surface area contributed by atoms with Gasteiger partial charge in [0.05, 0.1) is 0 Å². The highest BCUT2D eigenvalue weighted by Crippen LogP contribution is 2.22. The van der Waals surface area contributed by atoms with Crippen molar-refractivity contribution in [2.24, 2.45) is 0 Å². The summed E-state index contributed by atoms with van der Waals surface area (Å²) in [5, 5.41) is 8.51. The third-order valence-corrected chi connectivity index (χ3v) is 5.19. The molecule has 2 aromatic heterocycles. The zero-order chi connectivity index (χ0) is 12.5. The van der Waals surface area contributed by atoms with E-state index in [0.717, 1.165) is 17.7 Å². The molecule has 0 saturated heterocycles. The largest absolute Gasteiger partial charge is 0.280 e. The topological polar surface area (TPSA) is 74.8 Å². The van der Waals surface area contributed by atoms with E-state index in [4.69, 9.17) is 0 Å². The van der Waals surface area contributed by atoms with E-state index in [1.165, 1.54) is 11.3 Å². The molecule has 2 heterocycles. The van der Waals surface area contributed by atoms with Crippen molar-refractivity contribution in [3.05, 3.63) is 28.8 Å². The SMILES string of the molecule is CCc1[nH]nc(NS(=O)(=O)c2cccs2)c1C. The highest BCUT2D eigenvalue weighted by molar-refractivity contribution is 7.94. The number of thiophene rings is 1. The van der Waals surface area contributed by atoms with Crippen LogP contribution in [0.4, 0.5) is 5.82 Å². The fourth-order valence-electron chi connectivity index (χ4n) is 1.47. The van der Waals surface area contributed by atoms with Crippen LogP contribution in [0.2, 0.25) is 0 Å². The number of hydrogen-bond acceptors (Lipinski definition) is 4. The number of aryl methyl sites for hydroxylation is 1. The van der Waals surface area contributed by atoms with E-state index in [0.29, 0.717) is 5.82 Å². The highest BCUT2D eigenvalue weighted by Gasteiger charge is 2.18. The Morgan fingerprint density at radius 3 is 2.82 bits per heavy atom. The van der Waals surface area contributed by atoms with Gasteiger partial charge in [-0.15, -0.1) is 11.3 Å². The van der Waals surface area contributed by atoms with E-state index in [1.54, 1.807) is 17.5 Å². The Labute approximate surface area is 104 Å². The molecule has 0 aromatic carbocycles. The summed E-state index contributed by atoms with van der Waals surface area (Å²) in [6.07, 6.45) is 0.791. The molecule has 2 N–H and O–H groups in total. The lowest BCUT2D eigenvalue weighted by Gasteiger charge is -2.03. The molecule has 7 heteroatoms. The van der Waals surface area contributed by atoms with E-state index in [-0.39, 0.29) is 4.21 Å². The number of aromatic nitrogens is 2. The number of sulfonamides is 1. The first kappa shape index (κ1) is 12.1. The van der Waals surface area contributed by atoms with Crippen LogP contribution in [0.25, 0.3) is 0 Å². The molecule has 0 unspecified atom stereocenters. The summed E-state index contributed by atoms with van der Waals surface area (Å²) in [6, 6.07) is 3.27. The lowest BCUT2D eigenvalue weighted by Crippen LogP contribution is -2.12. The maximum absolute atomic E-state index is 12.0. The molecule has 0 amide bonds. The number of nitrogens with one attached hydrogen (secondary N) is 2. The van der Waals surface area contributed by atoms with Gasteiger partial charge in [-0.05, 0) is 24.8 Å². The van der Waals surface area contributed by atoms with Crippen LogP contribution in [0.5, 0.6) is 0 Å². The lowest BCUT2D eigenvalue weighted by atomic mass is 10.2. The molecule has 2 rings (SSSR count). The average molecular weight is 271 g/mol. The Balaban J connectivity index is 2.30. The zero-order valence-corrected chi connectivity index (χ0v) is 11.2. The van der Waals surface area contributed by atoms with Crippen LogP contribution in [0.1, 0.15) is 18.2 Å². The van der Waals surface area contributed by atoms with E-state index in [9.17, 15) is 8.42 Å². The monoisotopic (exact) mass is 271 g/mol. The Morgan fingerprint density at radius 2 is 2.29 bits per heavy atom. The molecule has 0 aliphatic rings. The standard InChI is InChI=1S/C10H13N3O2S2/c1-3-8-7(2)10(12-11-8)13-17(14,15)9-5-4-6-16-9/h4-6H,3H2,1-2H3,(H2,11,12,13). The molecule has 5 nitrogen and oxygen atoms in total. The predicted molar refractivity (Wildman–Crippen MR) is 67.8 cm³/mol. The van der Waals surface area contributed by atoms with Gasteiger partial charge in [0.1, 0.15) is 4.21 Å².